The number of hydrogen-bond donors (Lipinski definition) is 1. The zero-order valence-corrected chi connectivity index (χ0v) is 10.6. The Morgan fingerprint density at radius 3 is 2.29 bits per heavy atom. The summed E-state index contributed by atoms with van der Waals surface area (Å²) < 4.78 is 32.1. The fourth-order valence-electron chi connectivity index (χ4n) is 1.24. The van der Waals surface area contributed by atoms with Gasteiger partial charge in [-0.25, -0.2) is 8.78 Å². The molecule has 0 bridgehead atoms. The molecule has 1 aromatic rings. The Bertz CT molecular complexity index is 398. The minimum Gasteiger partial charge on any atom is -0.488 e. The van der Waals surface area contributed by atoms with Crippen molar-refractivity contribution in [2.24, 2.45) is 11.7 Å². The van der Waals surface area contributed by atoms with Crippen molar-refractivity contribution in [2.75, 3.05) is 6.61 Å². The first kappa shape index (κ1) is 13.8. The van der Waals surface area contributed by atoms with Crippen LogP contribution in [0.4, 0.5) is 8.78 Å². The van der Waals surface area contributed by atoms with Gasteiger partial charge in [-0.05, 0) is 24.5 Å². The van der Waals surface area contributed by atoms with E-state index in [2.05, 4.69) is 12.2 Å². The summed E-state index contributed by atoms with van der Waals surface area (Å²) in [5.74, 6) is -1.52. The first-order valence-corrected chi connectivity index (χ1v) is 5.74. The van der Waals surface area contributed by atoms with Crippen molar-refractivity contribution in [3.05, 3.63) is 29.3 Å². The van der Waals surface area contributed by atoms with Crippen molar-refractivity contribution in [3.63, 3.8) is 0 Å². The highest BCUT2D eigenvalue weighted by molar-refractivity contribution is 7.80. The number of thiocarbonyl (C=S) groups is 1. The maximum atomic E-state index is 13.5. The van der Waals surface area contributed by atoms with Crippen molar-refractivity contribution in [2.45, 2.75) is 20.3 Å². The van der Waals surface area contributed by atoms with E-state index in [9.17, 15) is 8.78 Å². The molecule has 0 aliphatic heterocycles. The largest absolute Gasteiger partial charge is 0.488 e. The Kier molecular flexibility index (Phi) is 4.81. The maximum Gasteiger partial charge on any atom is 0.190 e. The first-order chi connectivity index (χ1) is 7.91. The van der Waals surface area contributed by atoms with Crippen LogP contribution in [0.1, 0.15) is 25.8 Å². The molecule has 0 heterocycles. The van der Waals surface area contributed by atoms with E-state index < -0.39 is 11.6 Å². The molecule has 0 amide bonds. The van der Waals surface area contributed by atoms with Crippen LogP contribution < -0.4 is 10.5 Å². The first-order valence-electron chi connectivity index (χ1n) is 5.33. The highest BCUT2D eigenvalue weighted by atomic mass is 32.1. The van der Waals surface area contributed by atoms with Gasteiger partial charge in [0.25, 0.3) is 0 Å². The molecule has 0 aliphatic carbocycles. The van der Waals surface area contributed by atoms with E-state index in [1.165, 1.54) is 0 Å². The molecule has 5 heteroatoms. The Labute approximate surface area is 105 Å². The number of nitrogens with two attached hydrogens (primary N) is 1. The van der Waals surface area contributed by atoms with Gasteiger partial charge in [-0.1, -0.05) is 26.1 Å². The number of rotatable bonds is 5. The monoisotopic (exact) mass is 259 g/mol. The van der Waals surface area contributed by atoms with E-state index in [1.54, 1.807) is 0 Å². The zero-order chi connectivity index (χ0) is 13.0. The SMILES string of the molecule is CC(C)CCOc1c(F)cc(C(N)=S)cc1F. The van der Waals surface area contributed by atoms with E-state index in [0.717, 1.165) is 18.6 Å². The van der Waals surface area contributed by atoms with Gasteiger partial charge < -0.3 is 10.5 Å². The molecule has 94 valence electrons. The summed E-state index contributed by atoms with van der Waals surface area (Å²) in [6.45, 7) is 4.29. The third kappa shape index (κ3) is 3.93. The number of ether oxygens (including phenoxy) is 1. The van der Waals surface area contributed by atoms with Crippen molar-refractivity contribution in [3.8, 4) is 5.75 Å². The molecule has 0 unspecified atom stereocenters. The number of halogens is 2. The Morgan fingerprint density at radius 1 is 1.35 bits per heavy atom. The summed E-state index contributed by atoms with van der Waals surface area (Å²) in [5, 5.41) is 0. The standard InChI is InChI=1S/C12H15F2NOS/c1-7(2)3-4-16-11-9(13)5-8(12(15)17)6-10(11)14/h5-7H,3-4H2,1-2H3,(H2,15,17). The van der Waals surface area contributed by atoms with Gasteiger partial charge in [0.05, 0.1) is 6.61 Å². The van der Waals surface area contributed by atoms with E-state index in [4.69, 9.17) is 10.5 Å². The van der Waals surface area contributed by atoms with E-state index in [-0.39, 0.29) is 22.9 Å². The summed E-state index contributed by atoms with van der Waals surface area (Å²) in [4.78, 5) is -0.0449. The van der Waals surface area contributed by atoms with Crippen LogP contribution in [0, 0.1) is 17.6 Å². The van der Waals surface area contributed by atoms with Gasteiger partial charge in [0, 0.05) is 5.56 Å². The summed E-state index contributed by atoms with van der Waals surface area (Å²) in [6, 6.07) is 2.16. The highest BCUT2D eigenvalue weighted by Gasteiger charge is 2.13. The van der Waals surface area contributed by atoms with E-state index in [0.29, 0.717) is 5.92 Å². The van der Waals surface area contributed by atoms with Crippen LogP contribution in [0.2, 0.25) is 0 Å². The molecule has 2 nitrogen and oxygen atoms in total. The molecule has 0 radical (unpaired) electrons. The normalized spacial score (nSPS) is 10.6. The van der Waals surface area contributed by atoms with Crippen molar-refractivity contribution in [1.82, 2.24) is 0 Å². The predicted octanol–water partition coefficient (Wildman–Crippen LogP) is 3.02. The molecule has 0 spiro atoms. The molecule has 1 rings (SSSR count). The van der Waals surface area contributed by atoms with Crippen LogP contribution >= 0.6 is 12.2 Å². The van der Waals surface area contributed by atoms with Crippen LogP contribution in [0.25, 0.3) is 0 Å². The molecule has 0 aliphatic rings. The minimum atomic E-state index is -0.781. The molecule has 2 N–H and O–H groups in total. The lowest BCUT2D eigenvalue weighted by Gasteiger charge is -2.10. The second kappa shape index (κ2) is 5.91. The average molecular weight is 259 g/mol. The molecular formula is C12H15F2NOS. The Morgan fingerprint density at radius 2 is 1.88 bits per heavy atom. The molecule has 0 saturated heterocycles. The maximum absolute atomic E-state index is 13.5. The summed E-state index contributed by atoms with van der Waals surface area (Å²) in [6.07, 6.45) is 0.732. The van der Waals surface area contributed by atoms with Gasteiger partial charge in [0.1, 0.15) is 4.99 Å². The van der Waals surface area contributed by atoms with Crippen LogP contribution in [-0.2, 0) is 0 Å². The molecule has 0 atom stereocenters. The van der Waals surface area contributed by atoms with Gasteiger partial charge in [-0.2, -0.15) is 0 Å². The molecule has 0 saturated carbocycles. The lowest BCUT2D eigenvalue weighted by molar-refractivity contribution is 0.263. The second-order valence-electron chi connectivity index (χ2n) is 4.16. The van der Waals surface area contributed by atoms with E-state index in [1.807, 2.05) is 13.8 Å². The van der Waals surface area contributed by atoms with Gasteiger partial charge in [-0.3, -0.25) is 0 Å². The fraction of sp³-hybridized carbons (Fsp3) is 0.417. The fourth-order valence-corrected chi connectivity index (χ4v) is 1.35. The van der Waals surface area contributed by atoms with Crippen molar-refractivity contribution < 1.29 is 13.5 Å². The lowest BCUT2D eigenvalue weighted by Crippen LogP contribution is -2.11. The second-order valence-corrected chi connectivity index (χ2v) is 4.60. The molecule has 0 fully saturated rings. The zero-order valence-electron chi connectivity index (χ0n) is 9.80. The Balaban J connectivity index is 2.83. The minimum absolute atomic E-state index is 0.0449. The highest BCUT2D eigenvalue weighted by Crippen LogP contribution is 2.23. The van der Waals surface area contributed by atoms with Crippen LogP contribution in [0.3, 0.4) is 0 Å². The number of benzene rings is 1. The molecule has 1 aromatic carbocycles. The van der Waals surface area contributed by atoms with Crippen molar-refractivity contribution >= 4 is 17.2 Å². The van der Waals surface area contributed by atoms with Crippen molar-refractivity contribution in [1.29, 1.82) is 0 Å². The summed E-state index contributed by atoms with van der Waals surface area (Å²) >= 11 is 4.65. The third-order valence-electron chi connectivity index (χ3n) is 2.22. The summed E-state index contributed by atoms with van der Waals surface area (Å²) in [5.41, 5.74) is 5.46. The predicted molar refractivity (Wildman–Crippen MR) is 67.2 cm³/mol. The smallest absolute Gasteiger partial charge is 0.190 e. The van der Waals surface area contributed by atoms with Gasteiger partial charge >= 0.3 is 0 Å². The number of hydrogen-bond acceptors (Lipinski definition) is 2. The topological polar surface area (TPSA) is 35.2 Å². The molecule has 17 heavy (non-hydrogen) atoms. The van der Waals surface area contributed by atoms with E-state index >= 15 is 0 Å². The van der Waals surface area contributed by atoms with Gasteiger partial charge in [0.2, 0.25) is 0 Å². The van der Waals surface area contributed by atoms with Crippen LogP contribution in [0.5, 0.6) is 5.75 Å². The Hall–Kier alpha value is -1.23. The lowest BCUT2D eigenvalue weighted by atomic mass is 10.1. The van der Waals surface area contributed by atoms with Crippen LogP contribution in [-0.4, -0.2) is 11.6 Å². The van der Waals surface area contributed by atoms with Crippen LogP contribution in [0.15, 0.2) is 12.1 Å². The third-order valence-corrected chi connectivity index (χ3v) is 2.46. The molecular weight excluding hydrogens is 244 g/mol. The summed E-state index contributed by atoms with van der Waals surface area (Å²) in [7, 11) is 0. The molecule has 0 aromatic heterocycles. The van der Waals surface area contributed by atoms with Gasteiger partial charge in [-0.15, -0.1) is 0 Å². The quantitative estimate of drug-likeness (QED) is 0.825. The van der Waals surface area contributed by atoms with Gasteiger partial charge in [0.15, 0.2) is 17.4 Å². The average Bonchev–Trinajstić information content (AvgIpc) is 2.21.